The molecule has 0 radical (unpaired) electrons. The largest absolute Gasteiger partial charge is 0.249 e. The fourth-order valence-corrected chi connectivity index (χ4v) is 0.284. The molecule has 0 aromatic rings. The monoisotopic (exact) mass is 124 g/mol. The van der Waals surface area contributed by atoms with Gasteiger partial charge in [0.05, 0.1) is 0 Å². The lowest BCUT2D eigenvalue weighted by molar-refractivity contribution is 1.31. The first kappa shape index (κ1) is 8.08. The van der Waals surface area contributed by atoms with E-state index in [4.69, 9.17) is 0 Å². The summed E-state index contributed by atoms with van der Waals surface area (Å²) in [6.45, 7) is 7.44. The van der Waals surface area contributed by atoms with Crippen LogP contribution in [-0.4, -0.2) is 12.6 Å². The molecular weight excluding hydrogens is 112 g/mol. The number of hydrogen-bond donors (Lipinski definition) is 0. The van der Waals surface area contributed by atoms with E-state index in [1.54, 1.807) is 6.21 Å². The molecule has 0 rings (SSSR count). The van der Waals surface area contributed by atoms with Crippen LogP contribution in [0.3, 0.4) is 0 Å². The zero-order valence-corrected chi connectivity index (χ0v) is 5.96. The van der Waals surface area contributed by atoms with Gasteiger partial charge in [0.15, 0.2) is 0 Å². The minimum absolute atomic E-state index is 0.781. The van der Waals surface area contributed by atoms with Crippen LogP contribution in [0.2, 0.25) is 0 Å². The first-order chi connectivity index (χ1) is 4.27. The summed E-state index contributed by atoms with van der Waals surface area (Å²) >= 11 is 0. The van der Waals surface area contributed by atoms with Crippen LogP contribution < -0.4 is 0 Å². The maximum Gasteiger partial charge on any atom is 0.115 e. The second-order valence-corrected chi connectivity index (χ2v) is 1.72. The van der Waals surface area contributed by atoms with Crippen LogP contribution in [0.5, 0.6) is 0 Å². The Bertz CT molecular complexity index is 134. The van der Waals surface area contributed by atoms with Crippen molar-refractivity contribution in [3.63, 3.8) is 0 Å². The third-order valence-corrected chi connectivity index (χ3v) is 0.633. The molecule has 0 heterocycles. The molecule has 50 valence electrons. The molecule has 0 aliphatic carbocycles. The average molecular weight is 124 g/mol. The molecule has 0 spiro atoms. The van der Waals surface area contributed by atoms with Crippen LogP contribution in [-0.2, 0) is 0 Å². The van der Waals surface area contributed by atoms with E-state index in [1.807, 2.05) is 13.8 Å². The number of nitrogens with zero attached hydrogens (tertiary/aromatic N) is 2. The van der Waals surface area contributed by atoms with Gasteiger partial charge in [-0.3, -0.25) is 0 Å². The minimum Gasteiger partial charge on any atom is -0.249 e. The fourth-order valence-electron chi connectivity index (χ4n) is 0.284. The van der Waals surface area contributed by atoms with Gasteiger partial charge in [-0.2, -0.15) is 0 Å². The molecule has 2 heteroatoms. The molecule has 0 amide bonds. The van der Waals surface area contributed by atoms with Gasteiger partial charge in [0, 0.05) is 11.9 Å². The van der Waals surface area contributed by atoms with Crippen molar-refractivity contribution in [1.29, 1.82) is 0 Å². The van der Waals surface area contributed by atoms with Gasteiger partial charge < -0.3 is 0 Å². The van der Waals surface area contributed by atoms with E-state index in [-0.39, 0.29) is 0 Å². The Morgan fingerprint density at radius 1 is 1.67 bits per heavy atom. The Balaban J connectivity index is 3.47. The molecule has 0 saturated heterocycles. The summed E-state index contributed by atoms with van der Waals surface area (Å²) in [5.74, 6) is 0. The summed E-state index contributed by atoms with van der Waals surface area (Å²) in [7, 11) is 0. The van der Waals surface area contributed by atoms with E-state index in [0.29, 0.717) is 0 Å². The SMILES string of the molecule is C=C(C)/N=C\N=C/CC. The van der Waals surface area contributed by atoms with E-state index in [0.717, 1.165) is 12.1 Å². The van der Waals surface area contributed by atoms with Gasteiger partial charge in [0.25, 0.3) is 0 Å². The minimum atomic E-state index is 0.781. The van der Waals surface area contributed by atoms with Crippen molar-refractivity contribution >= 4 is 12.6 Å². The van der Waals surface area contributed by atoms with E-state index in [2.05, 4.69) is 16.6 Å². The van der Waals surface area contributed by atoms with Crippen molar-refractivity contribution in [2.75, 3.05) is 0 Å². The third-order valence-electron chi connectivity index (χ3n) is 0.633. The summed E-state index contributed by atoms with van der Waals surface area (Å²) in [6, 6.07) is 0. The maximum atomic E-state index is 3.85. The molecule has 0 bridgehead atoms. The summed E-state index contributed by atoms with van der Waals surface area (Å²) < 4.78 is 0. The Morgan fingerprint density at radius 2 is 2.33 bits per heavy atom. The standard InChI is InChI=1S/C7H12N2/c1-4-5-8-6-9-7(2)3/h5-6H,2,4H2,1,3H3/b8-5-,9-6-. The lowest BCUT2D eigenvalue weighted by Gasteiger charge is -1.80. The summed E-state index contributed by atoms with van der Waals surface area (Å²) in [6.07, 6.45) is 4.25. The molecule has 0 fully saturated rings. The highest BCUT2D eigenvalue weighted by molar-refractivity contribution is 5.72. The average Bonchev–Trinajstić information content (AvgIpc) is 1.80. The smallest absolute Gasteiger partial charge is 0.115 e. The zero-order chi connectivity index (χ0) is 7.11. The highest BCUT2D eigenvalue weighted by Gasteiger charge is 1.68. The summed E-state index contributed by atoms with van der Waals surface area (Å²) in [5.41, 5.74) is 0.781. The number of aliphatic imine (C=N–C) groups is 2. The summed E-state index contributed by atoms with van der Waals surface area (Å²) in [4.78, 5) is 7.70. The lowest BCUT2D eigenvalue weighted by Crippen LogP contribution is -1.70. The normalized spacial score (nSPS) is 11.3. The molecule has 0 aromatic heterocycles. The van der Waals surface area contributed by atoms with Gasteiger partial charge in [0.2, 0.25) is 0 Å². The molecule has 2 nitrogen and oxygen atoms in total. The van der Waals surface area contributed by atoms with Gasteiger partial charge in [-0.05, 0) is 13.3 Å². The van der Waals surface area contributed by atoms with Crippen LogP contribution in [0.1, 0.15) is 20.3 Å². The van der Waals surface area contributed by atoms with E-state index >= 15 is 0 Å². The Morgan fingerprint density at radius 3 is 2.78 bits per heavy atom. The Labute approximate surface area is 56.0 Å². The predicted octanol–water partition coefficient (Wildman–Crippen LogP) is 2.03. The first-order valence-corrected chi connectivity index (χ1v) is 2.97. The molecular formula is C7H12N2. The number of allylic oxidation sites excluding steroid dienone is 1. The topological polar surface area (TPSA) is 24.7 Å². The van der Waals surface area contributed by atoms with Crippen molar-refractivity contribution < 1.29 is 0 Å². The van der Waals surface area contributed by atoms with Gasteiger partial charge >= 0.3 is 0 Å². The molecule has 0 N–H and O–H groups in total. The molecule has 0 atom stereocenters. The number of hydrogen-bond acceptors (Lipinski definition) is 1. The molecule has 0 unspecified atom stereocenters. The second kappa shape index (κ2) is 5.22. The van der Waals surface area contributed by atoms with Crippen LogP contribution >= 0.6 is 0 Å². The van der Waals surface area contributed by atoms with Crippen molar-refractivity contribution in [2.45, 2.75) is 20.3 Å². The van der Waals surface area contributed by atoms with Gasteiger partial charge in [-0.25, -0.2) is 9.98 Å². The van der Waals surface area contributed by atoms with Crippen LogP contribution in [0.15, 0.2) is 22.3 Å². The molecule has 0 aromatic carbocycles. The van der Waals surface area contributed by atoms with E-state index in [9.17, 15) is 0 Å². The highest BCUT2D eigenvalue weighted by Crippen LogP contribution is 1.84. The summed E-state index contributed by atoms with van der Waals surface area (Å²) in [5, 5.41) is 0. The first-order valence-electron chi connectivity index (χ1n) is 2.97. The van der Waals surface area contributed by atoms with Crippen molar-refractivity contribution in [3.8, 4) is 0 Å². The Kier molecular flexibility index (Phi) is 4.69. The van der Waals surface area contributed by atoms with Crippen molar-refractivity contribution in [1.82, 2.24) is 0 Å². The lowest BCUT2D eigenvalue weighted by atomic mass is 10.5. The van der Waals surface area contributed by atoms with Crippen LogP contribution in [0, 0.1) is 0 Å². The number of rotatable bonds is 3. The van der Waals surface area contributed by atoms with E-state index < -0.39 is 0 Å². The van der Waals surface area contributed by atoms with Gasteiger partial charge in [0.1, 0.15) is 6.34 Å². The quantitative estimate of drug-likeness (QED) is 0.406. The zero-order valence-electron chi connectivity index (χ0n) is 5.96. The van der Waals surface area contributed by atoms with Gasteiger partial charge in [-0.15, -0.1) is 0 Å². The molecule has 0 aliphatic rings. The highest BCUT2D eigenvalue weighted by atomic mass is 14.8. The van der Waals surface area contributed by atoms with E-state index in [1.165, 1.54) is 6.34 Å². The van der Waals surface area contributed by atoms with Crippen LogP contribution in [0.4, 0.5) is 0 Å². The molecule has 0 aliphatic heterocycles. The maximum absolute atomic E-state index is 3.85. The fraction of sp³-hybridized carbons (Fsp3) is 0.429. The predicted molar refractivity (Wildman–Crippen MR) is 42.1 cm³/mol. The van der Waals surface area contributed by atoms with Crippen molar-refractivity contribution in [2.24, 2.45) is 9.98 Å². The molecule has 9 heavy (non-hydrogen) atoms. The van der Waals surface area contributed by atoms with Crippen LogP contribution in [0.25, 0.3) is 0 Å². The Hall–Kier alpha value is -0.920. The van der Waals surface area contributed by atoms with Gasteiger partial charge in [-0.1, -0.05) is 13.5 Å². The van der Waals surface area contributed by atoms with Crippen molar-refractivity contribution in [3.05, 3.63) is 12.3 Å². The second-order valence-electron chi connectivity index (χ2n) is 1.72. The molecule has 0 saturated carbocycles. The third kappa shape index (κ3) is 7.08.